The summed E-state index contributed by atoms with van der Waals surface area (Å²) in [7, 11) is 0. The molecule has 154 valence electrons. The van der Waals surface area contributed by atoms with E-state index in [1.165, 1.54) is 69.8 Å². The van der Waals surface area contributed by atoms with E-state index in [0.717, 1.165) is 35.2 Å². The maximum atomic E-state index is 6.10. The Labute approximate surface area is 177 Å². The lowest BCUT2D eigenvalue weighted by atomic mass is 9.44. The van der Waals surface area contributed by atoms with E-state index in [0.29, 0.717) is 16.9 Å². The lowest BCUT2D eigenvalue weighted by molar-refractivity contribution is -0.119. The number of halogens is 1. The van der Waals surface area contributed by atoms with Gasteiger partial charge in [0.2, 0.25) is 0 Å². The smallest absolute Gasteiger partial charge is 0.0406 e. The molecule has 2 heteroatoms. The fraction of sp³-hybridized carbons (Fsp3) is 0.769. The summed E-state index contributed by atoms with van der Waals surface area (Å²) in [6.45, 7) is 6.33. The molecule has 0 radical (unpaired) electrons. The predicted molar refractivity (Wildman–Crippen MR) is 118 cm³/mol. The van der Waals surface area contributed by atoms with Gasteiger partial charge in [-0.1, -0.05) is 56.8 Å². The van der Waals surface area contributed by atoms with Crippen LogP contribution in [0.5, 0.6) is 0 Å². The van der Waals surface area contributed by atoms with Crippen LogP contribution in [0.3, 0.4) is 0 Å². The first-order chi connectivity index (χ1) is 13.5. The molecule has 0 bridgehead atoms. The minimum absolute atomic E-state index is 0.616. The van der Waals surface area contributed by atoms with Crippen molar-refractivity contribution in [2.24, 2.45) is 34.5 Å². The number of rotatable bonds is 3. The quantitative estimate of drug-likeness (QED) is 0.565. The number of hydrogen-bond donors (Lipinski definition) is 1. The van der Waals surface area contributed by atoms with Crippen molar-refractivity contribution in [3.63, 3.8) is 0 Å². The van der Waals surface area contributed by atoms with Crippen LogP contribution in [-0.4, -0.2) is 6.04 Å². The average molecular weight is 400 g/mol. The third kappa shape index (κ3) is 3.16. The molecule has 0 spiro atoms. The highest BCUT2D eigenvalue weighted by molar-refractivity contribution is 6.30. The van der Waals surface area contributed by atoms with Gasteiger partial charge in [0.05, 0.1) is 0 Å². The third-order valence-corrected chi connectivity index (χ3v) is 10.1. The largest absolute Gasteiger partial charge is 0.310 e. The normalized spacial score (nSPS) is 45.2. The highest BCUT2D eigenvalue weighted by Crippen LogP contribution is 2.66. The topological polar surface area (TPSA) is 12.0 Å². The van der Waals surface area contributed by atoms with Crippen molar-refractivity contribution in [3.05, 3.63) is 34.9 Å². The maximum absolute atomic E-state index is 6.10. The second kappa shape index (κ2) is 7.31. The summed E-state index contributed by atoms with van der Waals surface area (Å²) in [4.78, 5) is 0. The summed E-state index contributed by atoms with van der Waals surface area (Å²) >= 11 is 6.10. The standard InChI is InChI=1S/C26H38ClN/c1-25-13-5-7-21(25)24-22(12-15-25)26(2)14-4-3-6-19(26)16-23(24)28-17-18-8-10-20(27)11-9-18/h8-11,19,21-24,28H,3-7,12-17H2,1-2H3/t19-,21+,22+,23+,24+,25+,26+/m1/s1. The molecule has 1 nitrogen and oxygen atoms in total. The van der Waals surface area contributed by atoms with E-state index in [-0.39, 0.29) is 0 Å². The SMILES string of the molecule is C[C@@]12CCC[C@H]1[C@@H]1[C@@H](NCc3ccc(Cl)cc3)C[C@H]3CCCC[C@]3(C)[C@H]1CC2. The summed E-state index contributed by atoms with van der Waals surface area (Å²) in [5, 5.41) is 4.93. The molecule has 1 aromatic rings. The van der Waals surface area contributed by atoms with Crippen LogP contribution < -0.4 is 5.32 Å². The summed E-state index contributed by atoms with van der Waals surface area (Å²) in [6, 6.07) is 9.17. The van der Waals surface area contributed by atoms with Crippen LogP contribution in [0.2, 0.25) is 5.02 Å². The van der Waals surface area contributed by atoms with Crippen LogP contribution >= 0.6 is 11.6 Å². The Balaban J connectivity index is 1.42. The molecule has 1 aromatic carbocycles. The van der Waals surface area contributed by atoms with E-state index in [1.54, 1.807) is 0 Å². The van der Waals surface area contributed by atoms with E-state index >= 15 is 0 Å². The van der Waals surface area contributed by atoms with Crippen molar-refractivity contribution >= 4 is 11.6 Å². The highest BCUT2D eigenvalue weighted by Gasteiger charge is 2.59. The van der Waals surface area contributed by atoms with E-state index in [2.05, 4.69) is 31.3 Å². The first kappa shape index (κ1) is 19.4. The summed E-state index contributed by atoms with van der Waals surface area (Å²) < 4.78 is 0. The first-order valence-electron chi connectivity index (χ1n) is 12.0. The van der Waals surface area contributed by atoms with Gasteiger partial charge in [-0.05, 0) is 97.1 Å². The zero-order valence-electron chi connectivity index (χ0n) is 17.9. The van der Waals surface area contributed by atoms with Crippen LogP contribution in [0.15, 0.2) is 24.3 Å². The number of fused-ring (bicyclic) bond motifs is 5. The fourth-order valence-corrected chi connectivity index (χ4v) is 8.48. The second-order valence-electron chi connectivity index (χ2n) is 11.2. The highest BCUT2D eigenvalue weighted by atomic mass is 35.5. The van der Waals surface area contributed by atoms with Crippen molar-refractivity contribution in [2.45, 2.75) is 90.6 Å². The van der Waals surface area contributed by atoms with E-state index in [1.807, 2.05) is 12.1 Å². The van der Waals surface area contributed by atoms with E-state index in [4.69, 9.17) is 11.6 Å². The predicted octanol–water partition coefficient (Wildman–Crippen LogP) is 7.23. The molecule has 4 fully saturated rings. The minimum atomic E-state index is 0.616. The first-order valence-corrected chi connectivity index (χ1v) is 12.4. The Hall–Kier alpha value is -0.530. The van der Waals surface area contributed by atoms with Gasteiger partial charge in [-0.2, -0.15) is 0 Å². The lowest BCUT2D eigenvalue weighted by Gasteiger charge is -2.62. The number of hydrogen-bond acceptors (Lipinski definition) is 1. The maximum Gasteiger partial charge on any atom is 0.0406 e. The van der Waals surface area contributed by atoms with E-state index < -0.39 is 0 Å². The molecule has 0 aromatic heterocycles. The van der Waals surface area contributed by atoms with Gasteiger partial charge in [-0.25, -0.2) is 0 Å². The molecule has 4 aliphatic rings. The van der Waals surface area contributed by atoms with Gasteiger partial charge in [-0.15, -0.1) is 0 Å². The third-order valence-electron chi connectivity index (χ3n) is 9.90. The van der Waals surface area contributed by atoms with Gasteiger partial charge in [0.25, 0.3) is 0 Å². The van der Waals surface area contributed by atoms with Crippen molar-refractivity contribution < 1.29 is 0 Å². The van der Waals surface area contributed by atoms with Gasteiger partial charge in [-0.3, -0.25) is 0 Å². The van der Waals surface area contributed by atoms with Gasteiger partial charge < -0.3 is 5.32 Å². The molecule has 0 amide bonds. The van der Waals surface area contributed by atoms with Crippen molar-refractivity contribution in [2.75, 3.05) is 0 Å². The Kier molecular flexibility index (Phi) is 5.07. The average Bonchev–Trinajstić information content (AvgIpc) is 3.09. The Morgan fingerprint density at radius 2 is 1.75 bits per heavy atom. The number of benzene rings is 1. The Bertz CT molecular complexity index is 699. The van der Waals surface area contributed by atoms with E-state index in [9.17, 15) is 0 Å². The fourth-order valence-electron chi connectivity index (χ4n) is 8.36. The Morgan fingerprint density at radius 1 is 0.929 bits per heavy atom. The minimum Gasteiger partial charge on any atom is -0.310 e. The van der Waals surface area contributed by atoms with Crippen LogP contribution in [0, 0.1) is 34.5 Å². The number of nitrogens with one attached hydrogen (secondary N) is 1. The van der Waals surface area contributed by atoms with Crippen molar-refractivity contribution in [3.8, 4) is 0 Å². The van der Waals surface area contributed by atoms with Gasteiger partial charge in [0.1, 0.15) is 0 Å². The molecular weight excluding hydrogens is 362 g/mol. The van der Waals surface area contributed by atoms with Crippen LogP contribution in [0.1, 0.15) is 83.6 Å². The van der Waals surface area contributed by atoms with Crippen molar-refractivity contribution in [1.29, 1.82) is 0 Å². The molecule has 4 saturated carbocycles. The van der Waals surface area contributed by atoms with Crippen LogP contribution in [-0.2, 0) is 6.54 Å². The van der Waals surface area contributed by atoms with Crippen LogP contribution in [0.4, 0.5) is 0 Å². The molecule has 0 heterocycles. The monoisotopic (exact) mass is 399 g/mol. The molecule has 0 saturated heterocycles. The lowest BCUT2D eigenvalue weighted by Crippen LogP contribution is -2.60. The molecule has 0 aliphatic heterocycles. The van der Waals surface area contributed by atoms with Gasteiger partial charge in [0, 0.05) is 17.6 Å². The zero-order chi connectivity index (χ0) is 19.4. The Morgan fingerprint density at radius 3 is 2.57 bits per heavy atom. The van der Waals surface area contributed by atoms with Crippen LogP contribution in [0.25, 0.3) is 0 Å². The molecule has 7 atom stereocenters. The molecule has 28 heavy (non-hydrogen) atoms. The molecule has 5 rings (SSSR count). The zero-order valence-corrected chi connectivity index (χ0v) is 18.6. The summed E-state index contributed by atoms with van der Waals surface area (Å²) in [5.41, 5.74) is 2.62. The molecule has 0 unspecified atom stereocenters. The van der Waals surface area contributed by atoms with Gasteiger partial charge in [0.15, 0.2) is 0 Å². The second-order valence-corrected chi connectivity index (χ2v) is 11.6. The summed E-state index contributed by atoms with van der Waals surface area (Å²) in [6.07, 6.45) is 14.7. The molecular formula is C26H38ClN. The van der Waals surface area contributed by atoms with Crippen molar-refractivity contribution in [1.82, 2.24) is 5.32 Å². The molecule has 4 aliphatic carbocycles. The molecule has 1 N–H and O–H groups in total. The van der Waals surface area contributed by atoms with Gasteiger partial charge >= 0.3 is 0 Å². The summed E-state index contributed by atoms with van der Waals surface area (Å²) in [5.74, 6) is 3.74.